The quantitative estimate of drug-likeness (QED) is 0.687. The molecule has 0 amide bonds. The van der Waals surface area contributed by atoms with Gasteiger partial charge in [-0.1, -0.05) is 24.3 Å². The van der Waals surface area contributed by atoms with Crippen LogP contribution >= 0.6 is 0 Å². The topological polar surface area (TPSA) is 54.6 Å². The minimum atomic E-state index is 0.141. The standard InChI is InChI=1S/C18H19NO3/c20-11-2-12-22-16-7-5-14(6-8-16)13-19-10-9-15-3-1-4-17(21)18(15)19/h1,3-10,20-21H,2,11-13H2. The Balaban J connectivity index is 1.75. The van der Waals surface area contributed by atoms with Gasteiger partial charge in [0.25, 0.3) is 0 Å². The molecule has 1 aromatic heterocycles. The second-order valence-electron chi connectivity index (χ2n) is 5.23. The van der Waals surface area contributed by atoms with Crippen molar-refractivity contribution in [1.29, 1.82) is 0 Å². The van der Waals surface area contributed by atoms with Crippen molar-refractivity contribution >= 4 is 10.9 Å². The number of rotatable bonds is 6. The van der Waals surface area contributed by atoms with Gasteiger partial charge in [-0.2, -0.15) is 0 Å². The number of hydrogen-bond donors (Lipinski definition) is 2. The monoisotopic (exact) mass is 297 g/mol. The van der Waals surface area contributed by atoms with Gasteiger partial charge in [0.05, 0.1) is 12.1 Å². The molecule has 114 valence electrons. The van der Waals surface area contributed by atoms with Crippen LogP contribution in [0.5, 0.6) is 11.5 Å². The van der Waals surface area contributed by atoms with Crippen LogP contribution in [0.3, 0.4) is 0 Å². The molecule has 3 rings (SSSR count). The summed E-state index contributed by atoms with van der Waals surface area (Å²) in [4.78, 5) is 0. The molecule has 2 N–H and O–H groups in total. The lowest BCUT2D eigenvalue weighted by Gasteiger charge is -2.09. The first-order chi connectivity index (χ1) is 10.8. The Morgan fingerprint density at radius 1 is 1.00 bits per heavy atom. The van der Waals surface area contributed by atoms with E-state index in [0.29, 0.717) is 25.3 Å². The van der Waals surface area contributed by atoms with Crippen molar-refractivity contribution < 1.29 is 14.9 Å². The Bertz CT molecular complexity index is 747. The lowest BCUT2D eigenvalue weighted by Crippen LogP contribution is -2.01. The van der Waals surface area contributed by atoms with E-state index in [4.69, 9.17) is 9.84 Å². The summed E-state index contributed by atoms with van der Waals surface area (Å²) >= 11 is 0. The third kappa shape index (κ3) is 3.07. The van der Waals surface area contributed by atoms with Crippen molar-refractivity contribution in [3.63, 3.8) is 0 Å². The maximum atomic E-state index is 10.0. The number of nitrogens with zero attached hydrogens (tertiary/aromatic N) is 1. The second kappa shape index (κ2) is 6.54. The van der Waals surface area contributed by atoms with Crippen LogP contribution in [-0.2, 0) is 6.54 Å². The van der Waals surface area contributed by atoms with Gasteiger partial charge in [0.1, 0.15) is 11.5 Å². The van der Waals surface area contributed by atoms with E-state index in [1.165, 1.54) is 0 Å². The Kier molecular flexibility index (Phi) is 4.30. The summed E-state index contributed by atoms with van der Waals surface area (Å²) in [6, 6.07) is 15.4. The molecule has 3 aromatic rings. The first-order valence-electron chi connectivity index (χ1n) is 7.37. The Labute approximate surface area is 129 Å². The molecule has 1 heterocycles. The van der Waals surface area contributed by atoms with Crippen molar-refractivity contribution in [2.75, 3.05) is 13.2 Å². The predicted molar refractivity (Wildman–Crippen MR) is 86.3 cm³/mol. The highest BCUT2D eigenvalue weighted by atomic mass is 16.5. The third-order valence-electron chi connectivity index (χ3n) is 3.61. The fourth-order valence-corrected chi connectivity index (χ4v) is 2.52. The van der Waals surface area contributed by atoms with E-state index in [-0.39, 0.29) is 6.61 Å². The number of para-hydroxylation sites is 1. The number of phenols is 1. The van der Waals surface area contributed by atoms with E-state index in [1.807, 2.05) is 53.2 Å². The summed E-state index contributed by atoms with van der Waals surface area (Å²) in [6.07, 6.45) is 2.62. The number of fused-ring (bicyclic) bond motifs is 1. The van der Waals surface area contributed by atoms with Crippen LogP contribution in [0.4, 0.5) is 0 Å². The van der Waals surface area contributed by atoms with E-state index in [1.54, 1.807) is 6.07 Å². The van der Waals surface area contributed by atoms with Crippen molar-refractivity contribution in [3.8, 4) is 11.5 Å². The summed E-state index contributed by atoms with van der Waals surface area (Å²) in [5, 5.41) is 19.8. The summed E-state index contributed by atoms with van der Waals surface area (Å²) in [6.45, 7) is 1.35. The van der Waals surface area contributed by atoms with E-state index >= 15 is 0 Å². The van der Waals surface area contributed by atoms with Gasteiger partial charge in [-0.25, -0.2) is 0 Å². The first kappa shape index (κ1) is 14.5. The molecular formula is C18H19NO3. The number of benzene rings is 2. The van der Waals surface area contributed by atoms with E-state index in [0.717, 1.165) is 22.2 Å². The van der Waals surface area contributed by atoms with Gasteiger partial charge >= 0.3 is 0 Å². The lowest BCUT2D eigenvalue weighted by molar-refractivity contribution is 0.233. The van der Waals surface area contributed by atoms with Gasteiger partial charge in [-0.05, 0) is 29.8 Å². The van der Waals surface area contributed by atoms with E-state index in [9.17, 15) is 5.11 Å². The molecule has 4 heteroatoms. The molecule has 0 spiro atoms. The van der Waals surface area contributed by atoms with Crippen LogP contribution in [0.25, 0.3) is 10.9 Å². The highest BCUT2D eigenvalue weighted by molar-refractivity contribution is 5.85. The average Bonchev–Trinajstić information content (AvgIpc) is 2.94. The summed E-state index contributed by atoms with van der Waals surface area (Å²) in [5.74, 6) is 1.10. The van der Waals surface area contributed by atoms with Crippen molar-refractivity contribution in [1.82, 2.24) is 4.57 Å². The van der Waals surface area contributed by atoms with Crippen molar-refractivity contribution in [2.24, 2.45) is 0 Å². The molecule has 0 radical (unpaired) electrons. The lowest BCUT2D eigenvalue weighted by atomic mass is 10.2. The number of hydrogen-bond acceptors (Lipinski definition) is 3. The molecule has 0 aliphatic carbocycles. The molecule has 0 aliphatic heterocycles. The zero-order chi connectivity index (χ0) is 15.4. The molecule has 0 aliphatic rings. The van der Waals surface area contributed by atoms with Crippen LogP contribution in [0.1, 0.15) is 12.0 Å². The van der Waals surface area contributed by atoms with Crippen LogP contribution in [0.15, 0.2) is 54.7 Å². The summed E-state index contributed by atoms with van der Waals surface area (Å²) in [5.41, 5.74) is 1.99. The van der Waals surface area contributed by atoms with Crippen molar-refractivity contribution in [2.45, 2.75) is 13.0 Å². The maximum Gasteiger partial charge on any atom is 0.139 e. The summed E-state index contributed by atoms with van der Waals surface area (Å²) < 4.78 is 7.55. The minimum absolute atomic E-state index is 0.141. The Morgan fingerprint density at radius 3 is 2.59 bits per heavy atom. The van der Waals surface area contributed by atoms with Gasteiger partial charge in [0.15, 0.2) is 0 Å². The second-order valence-corrected chi connectivity index (χ2v) is 5.23. The molecule has 0 saturated carbocycles. The number of aliphatic hydroxyl groups excluding tert-OH is 1. The zero-order valence-corrected chi connectivity index (χ0v) is 12.3. The Morgan fingerprint density at radius 2 is 1.82 bits per heavy atom. The average molecular weight is 297 g/mol. The van der Waals surface area contributed by atoms with Crippen LogP contribution < -0.4 is 4.74 Å². The normalized spacial score (nSPS) is 11.0. The fraction of sp³-hybridized carbons (Fsp3) is 0.222. The predicted octanol–water partition coefficient (Wildman–Crippen LogP) is 3.16. The highest BCUT2D eigenvalue weighted by Gasteiger charge is 2.06. The third-order valence-corrected chi connectivity index (χ3v) is 3.61. The zero-order valence-electron chi connectivity index (χ0n) is 12.3. The molecule has 0 fully saturated rings. The summed E-state index contributed by atoms with van der Waals surface area (Å²) in [7, 11) is 0. The number of aliphatic hydroxyl groups is 1. The van der Waals surface area contributed by atoms with Crippen LogP contribution in [-0.4, -0.2) is 28.0 Å². The molecule has 22 heavy (non-hydrogen) atoms. The van der Waals surface area contributed by atoms with Gasteiger partial charge in [0, 0.05) is 31.2 Å². The molecule has 2 aromatic carbocycles. The highest BCUT2D eigenvalue weighted by Crippen LogP contribution is 2.26. The largest absolute Gasteiger partial charge is 0.506 e. The SMILES string of the molecule is OCCCOc1ccc(Cn2ccc3cccc(O)c32)cc1. The van der Waals surface area contributed by atoms with Gasteiger partial charge in [-0.15, -0.1) is 0 Å². The number of phenolic OH excluding ortho intramolecular Hbond substituents is 1. The van der Waals surface area contributed by atoms with Crippen LogP contribution in [0.2, 0.25) is 0 Å². The Hall–Kier alpha value is -2.46. The minimum Gasteiger partial charge on any atom is -0.506 e. The maximum absolute atomic E-state index is 10.0. The molecule has 0 saturated heterocycles. The molecule has 0 bridgehead atoms. The number of aromatic nitrogens is 1. The van der Waals surface area contributed by atoms with Gasteiger partial charge < -0.3 is 19.5 Å². The first-order valence-corrected chi connectivity index (χ1v) is 7.37. The molecular weight excluding hydrogens is 278 g/mol. The molecule has 4 nitrogen and oxygen atoms in total. The van der Waals surface area contributed by atoms with E-state index in [2.05, 4.69) is 0 Å². The van der Waals surface area contributed by atoms with E-state index < -0.39 is 0 Å². The van der Waals surface area contributed by atoms with Gasteiger partial charge in [0.2, 0.25) is 0 Å². The smallest absolute Gasteiger partial charge is 0.139 e. The van der Waals surface area contributed by atoms with Crippen molar-refractivity contribution in [3.05, 3.63) is 60.3 Å². The molecule has 0 atom stereocenters. The molecule has 0 unspecified atom stereocenters. The number of ether oxygens (including phenoxy) is 1. The van der Waals surface area contributed by atoms with Crippen LogP contribution in [0, 0.1) is 0 Å². The number of aromatic hydroxyl groups is 1. The van der Waals surface area contributed by atoms with Gasteiger partial charge in [-0.3, -0.25) is 0 Å². The fourth-order valence-electron chi connectivity index (χ4n) is 2.52.